The lowest BCUT2D eigenvalue weighted by Crippen LogP contribution is -2.25. The number of furan rings is 1. The van der Waals surface area contributed by atoms with E-state index >= 15 is 0 Å². The molecule has 1 aliphatic heterocycles. The lowest BCUT2D eigenvalue weighted by atomic mass is 9.70. The first-order valence-corrected chi connectivity index (χ1v) is 20.1. The molecular formula is C55H33NO3. The summed E-state index contributed by atoms with van der Waals surface area (Å²) >= 11 is 0. The zero-order chi connectivity index (χ0) is 38.7. The molecular weight excluding hydrogens is 723 g/mol. The van der Waals surface area contributed by atoms with Gasteiger partial charge in [-0.05, 0) is 111 Å². The molecule has 9 aromatic carbocycles. The molecule has 0 atom stereocenters. The van der Waals surface area contributed by atoms with Crippen molar-refractivity contribution in [3.8, 4) is 56.4 Å². The molecule has 0 unspecified atom stereocenters. The minimum atomic E-state index is -0.465. The third-order valence-electron chi connectivity index (χ3n) is 12.6. The monoisotopic (exact) mass is 755 g/mol. The van der Waals surface area contributed by atoms with Gasteiger partial charge in [-0.25, -0.2) is 0 Å². The minimum absolute atomic E-state index is 0.465. The summed E-state index contributed by atoms with van der Waals surface area (Å²) in [5.74, 6) is 2.78. The fourth-order valence-electron chi connectivity index (χ4n) is 10.1. The summed E-state index contributed by atoms with van der Waals surface area (Å²) in [5.41, 5.74) is 16.3. The third-order valence-corrected chi connectivity index (χ3v) is 12.6. The van der Waals surface area contributed by atoms with E-state index in [2.05, 4.69) is 181 Å². The van der Waals surface area contributed by atoms with E-state index in [9.17, 15) is 0 Å². The maximum absolute atomic E-state index is 7.09. The van der Waals surface area contributed by atoms with Crippen LogP contribution in [0.15, 0.2) is 205 Å². The van der Waals surface area contributed by atoms with Crippen molar-refractivity contribution in [3.05, 3.63) is 222 Å². The lowest BCUT2D eigenvalue weighted by Gasteiger charge is -2.32. The van der Waals surface area contributed by atoms with Crippen LogP contribution in [0.4, 0.5) is 17.1 Å². The fraction of sp³-hybridized carbons (Fsp3) is 0.0182. The first-order valence-electron chi connectivity index (χ1n) is 20.1. The molecule has 0 radical (unpaired) electrons. The first kappa shape index (κ1) is 32.3. The molecule has 0 fully saturated rings. The average molecular weight is 756 g/mol. The third kappa shape index (κ3) is 4.43. The van der Waals surface area contributed by atoms with Crippen LogP contribution in [0.25, 0.3) is 55.3 Å². The molecule has 2 heterocycles. The van der Waals surface area contributed by atoms with Gasteiger partial charge < -0.3 is 18.8 Å². The number of benzene rings is 9. The standard InChI is InChI=1S/C55H33NO3/c1-2-13-36(14-3-1)56(37-28-25-34(26-29-37)35-27-30-41-40-17-7-11-23-48(40)57-51(41)33-35)47-22-12-24-49-53(47)58-50-32-31-46-52(54(50)59-49)42-18-6-10-21-45(42)55(46)43-19-8-4-15-38(43)39-16-5-9-20-44(39)55/h1-33H. The van der Waals surface area contributed by atoms with Crippen molar-refractivity contribution in [2.24, 2.45) is 0 Å². The van der Waals surface area contributed by atoms with E-state index in [-0.39, 0.29) is 0 Å². The highest BCUT2D eigenvalue weighted by Gasteiger charge is 2.53. The molecule has 10 aromatic rings. The SMILES string of the molecule is c1ccc(N(c2ccc(-c3ccc4c(c3)oc3ccccc34)cc2)c2cccc3c2Oc2ccc4c(c2O3)-c2ccccc2C42c3ccccc3-c3ccccc32)cc1. The van der Waals surface area contributed by atoms with Gasteiger partial charge in [0.05, 0.1) is 11.1 Å². The van der Waals surface area contributed by atoms with Crippen LogP contribution in [0, 0.1) is 0 Å². The Labute approximate surface area is 340 Å². The number of hydrogen-bond acceptors (Lipinski definition) is 4. The predicted molar refractivity (Wildman–Crippen MR) is 237 cm³/mol. The van der Waals surface area contributed by atoms with Gasteiger partial charge in [0.2, 0.25) is 0 Å². The number of rotatable bonds is 4. The number of para-hydroxylation sites is 3. The Hall–Kier alpha value is -7.82. The molecule has 0 bridgehead atoms. The highest BCUT2D eigenvalue weighted by atomic mass is 16.6. The molecule has 2 aliphatic carbocycles. The molecule has 276 valence electrons. The number of anilines is 3. The molecule has 0 saturated heterocycles. The van der Waals surface area contributed by atoms with Crippen molar-refractivity contribution in [3.63, 3.8) is 0 Å². The lowest BCUT2D eigenvalue weighted by molar-refractivity contribution is 0.361. The second-order valence-electron chi connectivity index (χ2n) is 15.5. The number of hydrogen-bond donors (Lipinski definition) is 0. The van der Waals surface area contributed by atoms with E-state index in [1.54, 1.807) is 0 Å². The maximum atomic E-state index is 7.09. The summed E-state index contributed by atoms with van der Waals surface area (Å²) < 4.78 is 20.4. The van der Waals surface area contributed by atoms with Crippen molar-refractivity contribution >= 4 is 39.0 Å². The van der Waals surface area contributed by atoms with Crippen LogP contribution >= 0.6 is 0 Å². The van der Waals surface area contributed by atoms with E-state index in [1.807, 2.05) is 24.3 Å². The highest BCUT2D eigenvalue weighted by Crippen LogP contribution is 2.66. The molecule has 4 nitrogen and oxygen atoms in total. The largest absolute Gasteiger partial charge is 0.456 e. The van der Waals surface area contributed by atoms with Gasteiger partial charge in [0.15, 0.2) is 23.0 Å². The summed E-state index contributed by atoms with van der Waals surface area (Å²) in [4.78, 5) is 2.24. The van der Waals surface area contributed by atoms with Crippen molar-refractivity contribution in [1.29, 1.82) is 0 Å². The number of fused-ring (bicyclic) bond motifs is 16. The van der Waals surface area contributed by atoms with Gasteiger partial charge in [0.25, 0.3) is 0 Å². The van der Waals surface area contributed by atoms with Gasteiger partial charge in [-0.15, -0.1) is 0 Å². The van der Waals surface area contributed by atoms with Crippen molar-refractivity contribution in [2.45, 2.75) is 5.41 Å². The Morgan fingerprint density at radius 2 is 0.966 bits per heavy atom. The van der Waals surface area contributed by atoms with Crippen LogP contribution in [0.3, 0.4) is 0 Å². The summed E-state index contributed by atoms with van der Waals surface area (Å²) in [6, 6.07) is 70.8. The van der Waals surface area contributed by atoms with Gasteiger partial charge in [-0.2, -0.15) is 0 Å². The van der Waals surface area contributed by atoms with E-state index in [0.717, 1.165) is 61.4 Å². The normalized spacial score (nSPS) is 13.5. The Morgan fingerprint density at radius 3 is 1.75 bits per heavy atom. The quantitative estimate of drug-likeness (QED) is 0.179. The Balaban J connectivity index is 0.925. The second-order valence-corrected chi connectivity index (χ2v) is 15.5. The van der Waals surface area contributed by atoms with Gasteiger partial charge in [-0.3, -0.25) is 0 Å². The molecule has 13 rings (SSSR count). The molecule has 3 aliphatic rings. The fourth-order valence-corrected chi connectivity index (χ4v) is 10.1. The van der Waals surface area contributed by atoms with Gasteiger partial charge >= 0.3 is 0 Å². The van der Waals surface area contributed by atoms with E-state index in [1.165, 1.54) is 38.9 Å². The molecule has 0 saturated carbocycles. The summed E-state index contributed by atoms with van der Waals surface area (Å²) in [7, 11) is 0. The van der Waals surface area contributed by atoms with Crippen LogP contribution in [-0.2, 0) is 5.41 Å². The van der Waals surface area contributed by atoms with Crippen LogP contribution in [-0.4, -0.2) is 0 Å². The molecule has 1 spiro atoms. The molecule has 59 heavy (non-hydrogen) atoms. The number of nitrogens with zero attached hydrogens (tertiary/aromatic N) is 1. The predicted octanol–water partition coefficient (Wildman–Crippen LogP) is 15.0. The van der Waals surface area contributed by atoms with Gasteiger partial charge in [0.1, 0.15) is 11.2 Å². The molecule has 1 aromatic heterocycles. The van der Waals surface area contributed by atoms with Crippen LogP contribution in [0.1, 0.15) is 22.3 Å². The van der Waals surface area contributed by atoms with Gasteiger partial charge in [-0.1, -0.05) is 140 Å². The van der Waals surface area contributed by atoms with Gasteiger partial charge in [0, 0.05) is 27.7 Å². The zero-order valence-electron chi connectivity index (χ0n) is 31.7. The molecule has 0 N–H and O–H groups in total. The van der Waals surface area contributed by atoms with E-state index in [4.69, 9.17) is 13.9 Å². The average Bonchev–Trinajstić information content (AvgIpc) is 3.93. The van der Waals surface area contributed by atoms with Crippen LogP contribution < -0.4 is 14.4 Å². The van der Waals surface area contributed by atoms with E-state index in [0.29, 0.717) is 17.2 Å². The van der Waals surface area contributed by atoms with Crippen molar-refractivity contribution in [1.82, 2.24) is 0 Å². The van der Waals surface area contributed by atoms with Crippen LogP contribution in [0.5, 0.6) is 23.0 Å². The Bertz CT molecular complexity index is 3300. The number of ether oxygens (including phenoxy) is 2. The van der Waals surface area contributed by atoms with Crippen LogP contribution in [0.2, 0.25) is 0 Å². The smallest absolute Gasteiger partial charge is 0.194 e. The summed E-state index contributed by atoms with van der Waals surface area (Å²) in [6.45, 7) is 0. The highest BCUT2D eigenvalue weighted by molar-refractivity contribution is 6.06. The maximum Gasteiger partial charge on any atom is 0.194 e. The van der Waals surface area contributed by atoms with E-state index < -0.39 is 5.41 Å². The molecule has 0 amide bonds. The van der Waals surface area contributed by atoms with Crippen molar-refractivity contribution < 1.29 is 13.9 Å². The topological polar surface area (TPSA) is 34.8 Å². The zero-order valence-corrected chi connectivity index (χ0v) is 31.7. The minimum Gasteiger partial charge on any atom is -0.456 e. The summed E-state index contributed by atoms with van der Waals surface area (Å²) in [6.07, 6.45) is 0. The second kappa shape index (κ2) is 12.1. The molecule has 4 heteroatoms. The Kier molecular flexibility index (Phi) is 6.62. The van der Waals surface area contributed by atoms with Crippen molar-refractivity contribution in [2.75, 3.05) is 4.90 Å². The first-order chi connectivity index (χ1) is 29.3. The Morgan fingerprint density at radius 1 is 0.373 bits per heavy atom. The summed E-state index contributed by atoms with van der Waals surface area (Å²) in [5, 5.41) is 2.25.